The number of phenols is 1. The maximum Gasteiger partial charge on any atom is 0.255 e. The van der Waals surface area contributed by atoms with E-state index in [0.29, 0.717) is 5.75 Å². The molecule has 1 atom stereocenters. The van der Waals surface area contributed by atoms with Gasteiger partial charge in [0.1, 0.15) is 11.5 Å². The summed E-state index contributed by atoms with van der Waals surface area (Å²) in [6.07, 6.45) is 0. The minimum absolute atomic E-state index is 0.0772. The fraction of sp³-hybridized carbons (Fsp3) is 0.273. The Morgan fingerprint density at radius 3 is 2.72 bits per heavy atom. The summed E-state index contributed by atoms with van der Waals surface area (Å²) in [6, 6.07) is 3.64. The molecule has 5 N–H and O–H groups in total. The molecule has 0 fully saturated rings. The molecular weight excluding hydrogens is 238 g/mol. The number of phenolic OH excluding ortho intramolecular Hbond substituents is 1. The van der Waals surface area contributed by atoms with E-state index < -0.39 is 11.9 Å². The molecule has 98 valence electrons. The summed E-state index contributed by atoms with van der Waals surface area (Å²) in [4.78, 5) is 11.8. The highest BCUT2D eigenvalue weighted by Crippen LogP contribution is 2.23. The van der Waals surface area contributed by atoms with Gasteiger partial charge in [-0.05, 0) is 19.1 Å². The number of nitrogens with one attached hydrogen (secondary N) is 1. The van der Waals surface area contributed by atoms with Gasteiger partial charge in [0.2, 0.25) is 0 Å². The number of hydrogen-bond acceptors (Lipinski definition) is 5. The van der Waals surface area contributed by atoms with Gasteiger partial charge in [-0.2, -0.15) is 0 Å². The third kappa shape index (κ3) is 3.03. The van der Waals surface area contributed by atoms with Gasteiger partial charge in [-0.25, -0.2) is 0 Å². The minimum Gasteiger partial charge on any atom is -0.507 e. The molecule has 0 aliphatic heterocycles. The highest BCUT2D eigenvalue weighted by molar-refractivity contribution is 6.00. The van der Waals surface area contributed by atoms with Gasteiger partial charge in [0.05, 0.1) is 18.7 Å². The van der Waals surface area contributed by atoms with Crippen LogP contribution in [0.1, 0.15) is 17.3 Å². The number of aromatic hydroxyl groups is 1. The zero-order valence-electron chi connectivity index (χ0n) is 10.0. The summed E-state index contributed by atoms with van der Waals surface area (Å²) < 4.78 is 4.90. The molecular formula is C11H15N3O4. The van der Waals surface area contributed by atoms with Crippen molar-refractivity contribution in [2.45, 2.75) is 13.0 Å². The van der Waals surface area contributed by atoms with E-state index in [1.807, 2.05) is 0 Å². The van der Waals surface area contributed by atoms with Crippen molar-refractivity contribution in [3.8, 4) is 11.5 Å². The number of hydrogen-bond donors (Lipinski definition) is 4. The summed E-state index contributed by atoms with van der Waals surface area (Å²) >= 11 is 0. The standard InChI is InChI=1S/C11H15N3O4/c1-6(10(12)14-17)13-11(16)8-4-3-7(18-2)5-9(8)15/h3-6,15,17H,1-2H3,(H2,12,14)(H,13,16). The van der Waals surface area contributed by atoms with E-state index in [0.717, 1.165) is 0 Å². The Balaban J connectivity index is 2.85. The molecule has 0 bridgehead atoms. The first kappa shape index (κ1) is 13.6. The maximum atomic E-state index is 11.8. The summed E-state index contributed by atoms with van der Waals surface area (Å²) in [6.45, 7) is 1.55. The molecule has 0 radical (unpaired) electrons. The normalized spacial score (nSPS) is 12.9. The van der Waals surface area contributed by atoms with Crippen molar-refractivity contribution >= 4 is 11.7 Å². The van der Waals surface area contributed by atoms with Crippen LogP contribution in [-0.2, 0) is 0 Å². The predicted octanol–water partition coefficient (Wildman–Crippen LogP) is 0.265. The van der Waals surface area contributed by atoms with E-state index in [-0.39, 0.29) is 17.1 Å². The second-order valence-corrected chi connectivity index (χ2v) is 3.60. The Kier molecular flexibility index (Phi) is 4.36. The van der Waals surface area contributed by atoms with Crippen molar-refractivity contribution in [2.24, 2.45) is 10.9 Å². The molecule has 1 unspecified atom stereocenters. The van der Waals surface area contributed by atoms with E-state index in [4.69, 9.17) is 15.7 Å². The van der Waals surface area contributed by atoms with Crippen molar-refractivity contribution in [3.63, 3.8) is 0 Å². The molecule has 7 nitrogen and oxygen atoms in total. The molecule has 0 spiro atoms. The Morgan fingerprint density at radius 2 is 2.22 bits per heavy atom. The second kappa shape index (κ2) is 5.76. The first-order chi connectivity index (χ1) is 8.49. The Bertz CT molecular complexity index is 473. The number of methoxy groups -OCH3 is 1. The number of nitrogens with two attached hydrogens (primary N) is 1. The van der Waals surface area contributed by atoms with Crippen molar-refractivity contribution in [1.29, 1.82) is 0 Å². The molecule has 0 aromatic heterocycles. The van der Waals surface area contributed by atoms with E-state index in [1.165, 1.54) is 19.2 Å². The molecule has 0 aliphatic rings. The van der Waals surface area contributed by atoms with Crippen molar-refractivity contribution in [1.82, 2.24) is 5.32 Å². The summed E-state index contributed by atoms with van der Waals surface area (Å²) in [7, 11) is 1.45. The number of amides is 1. The summed E-state index contributed by atoms with van der Waals surface area (Å²) in [5, 5.41) is 23.4. The molecule has 1 rings (SSSR count). The third-order valence-corrected chi connectivity index (χ3v) is 2.36. The fourth-order valence-corrected chi connectivity index (χ4v) is 1.27. The van der Waals surface area contributed by atoms with Gasteiger partial charge < -0.3 is 26.1 Å². The lowest BCUT2D eigenvalue weighted by atomic mass is 10.1. The lowest BCUT2D eigenvalue weighted by molar-refractivity contribution is 0.0946. The third-order valence-electron chi connectivity index (χ3n) is 2.36. The first-order valence-electron chi connectivity index (χ1n) is 5.15. The van der Waals surface area contributed by atoms with E-state index >= 15 is 0 Å². The number of carbonyl (C=O) groups is 1. The van der Waals surface area contributed by atoms with E-state index in [2.05, 4.69) is 10.5 Å². The van der Waals surface area contributed by atoms with Crippen LogP contribution in [0.25, 0.3) is 0 Å². The maximum absolute atomic E-state index is 11.8. The number of carbonyl (C=O) groups excluding carboxylic acids is 1. The molecule has 0 saturated heterocycles. The van der Waals surface area contributed by atoms with Crippen molar-refractivity contribution in [2.75, 3.05) is 7.11 Å². The second-order valence-electron chi connectivity index (χ2n) is 3.60. The molecule has 0 heterocycles. The van der Waals surface area contributed by atoms with Gasteiger partial charge in [0.15, 0.2) is 5.84 Å². The van der Waals surface area contributed by atoms with Crippen molar-refractivity contribution in [3.05, 3.63) is 23.8 Å². The van der Waals surface area contributed by atoms with Gasteiger partial charge in [-0.15, -0.1) is 0 Å². The first-order valence-corrected chi connectivity index (χ1v) is 5.15. The van der Waals surface area contributed by atoms with Gasteiger partial charge in [0, 0.05) is 6.07 Å². The highest BCUT2D eigenvalue weighted by atomic mass is 16.5. The van der Waals surface area contributed by atoms with Crippen LogP contribution < -0.4 is 15.8 Å². The SMILES string of the molecule is COc1ccc(C(=O)NC(C)/C(N)=N/O)c(O)c1. The van der Waals surface area contributed by atoms with Crippen LogP contribution in [0.3, 0.4) is 0 Å². The van der Waals surface area contributed by atoms with Crippen LogP contribution >= 0.6 is 0 Å². The average Bonchev–Trinajstić information content (AvgIpc) is 2.37. The molecule has 0 saturated carbocycles. The largest absolute Gasteiger partial charge is 0.507 e. The lowest BCUT2D eigenvalue weighted by Gasteiger charge is -2.13. The van der Waals surface area contributed by atoms with Crippen LogP contribution in [0.4, 0.5) is 0 Å². The van der Waals surface area contributed by atoms with Gasteiger partial charge >= 0.3 is 0 Å². The summed E-state index contributed by atoms with van der Waals surface area (Å²) in [5.74, 6) is -0.433. The molecule has 7 heteroatoms. The van der Waals surface area contributed by atoms with Crippen LogP contribution in [0.2, 0.25) is 0 Å². The lowest BCUT2D eigenvalue weighted by Crippen LogP contribution is -2.42. The number of ether oxygens (including phenoxy) is 1. The number of nitrogens with zero attached hydrogens (tertiary/aromatic N) is 1. The Hall–Kier alpha value is -2.44. The van der Waals surface area contributed by atoms with Crippen molar-refractivity contribution < 1.29 is 19.8 Å². The zero-order chi connectivity index (χ0) is 13.7. The molecule has 18 heavy (non-hydrogen) atoms. The van der Waals surface area contributed by atoms with E-state index in [9.17, 15) is 9.90 Å². The molecule has 1 amide bonds. The smallest absolute Gasteiger partial charge is 0.255 e. The quantitative estimate of drug-likeness (QED) is 0.266. The number of amidine groups is 1. The Labute approximate surface area is 104 Å². The summed E-state index contributed by atoms with van der Waals surface area (Å²) in [5.41, 5.74) is 5.41. The fourth-order valence-electron chi connectivity index (χ4n) is 1.27. The van der Waals surface area contributed by atoms with Gasteiger partial charge in [0.25, 0.3) is 5.91 Å². The topological polar surface area (TPSA) is 117 Å². The van der Waals surface area contributed by atoms with Crippen LogP contribution in [0.5, 0.6) is 11.5 Å². The number of rotatable bonds is 4. The Morgan fingerprint density at radius 1 is 1.56 bits per heavy atom. The van der Waals surface area contributed by atoms with Crippen LogP contribution in [0.15, 0.2) is 23.4 Å². The molecule has 0 aliphatic carbocycles. The average molecular weight is 253 g/mol. The molecule has 1 aromatic carbocycles. The number of benzene rings is 1. The van der Waals surface area contributed by atoms with Crippen LogP contribution in [0, 0.1) is 0 Å². The highest BCUT2D eigenvalue weighted by Gasteiger charge is 2.16. The predicted molar refractivity (Wildman–Crippen MR) is 65.0 cm³/mol. The minimum atomic E-state index is -0.649. The number of oxime groups is 1. The van der Waals surface area contributed by atoms with Gasteiger partial charge in [-0.3, -0.25) is 4.79 Å². The van der Waals surface area contributed by atoms with Gasteiger partial charge in [-0.1, -0.05) is 5.16 Å². The monoisotopic (exact) mass is 253 g/mol. The zero-order valence-corrected chi connectivity index (χ0v) is 10.0. The molecule has 1 aromatic rings. The van der Waals surface area contributed by atoms with Crippen LogP contribution in [-0.4, -0.2) is 35.2 Å². The van der Waals surface area contributed by atoms with E-state index in [1.54, 1.807) is 13.0 Å².